The van der Waals surface area contributed by atoms with Crippen LogP contribution in [0.15, 0.2) is 72.8 Å². The summed E-state index contributed by atoms with van der Waals surface area (Å²) in [5.41, 5.74) is 3.87. The van der Waals surface area contributed by atoms with E-state index in [0.717, 1.165) is 16.7 Å². The van der Waals surface area contributed by atoms with Crippen molar-refractivity contribution in [2.75, 3.05) is 19.0 Å². The average molecular weight is 480 g/mol. The van der Waals surface area contributed by atoms with Crippen LogP contribution in [0.1, 0.15) is 28.8 Å². The van der Waals surface area contributed by atoms with E-state index in [9.17, 15) is 19.5 Å². The molecule has 7 heteroatoms. The SMILES string of the molecule is COCCC(CC(=O)c1ccc(-c2ccc(NC(=O)Cc3ccc(Cl)cc3)cc2)cc1)C(=O)O. The number of amides is 1. The van der Waals surface area contributed by atoms with E-state index in [1.807, 2.05) is 48.5 Å². The first-order valence-corrected chi connectivity index (χ1v) is 11.2. The fourth-order valence-electron chi connectivity index (χ4n) is 3.50. The molecular weight excluding hydrogens is 454 g/mol. The van der Waals surface area contributed by atoms with Crippen LogP contribution in [0, 0.1) is 5.92 Å². The van der Waals surface area contributed by atoms with E-state index in [2.05, 4.69) is 5.32 Å². The number of carboxylic acids is 1. The van der Waals surface area contributed by atoms with E-state index in [-0.39, 0.29) is 31.0 Å². The van der Waals surface area contributed by atoms with Crippen LogP contribution in [0.2, 0.25) is 5.02 Å². The largest absolute Gasteiger partial charge is 0.481 e. The van der Waals surface area contributed by atoms with Crippen LogP contribution in [0.3, 0.4) is 0 Å². The second kappa shape index (κ2) is 12.1. The van der Waals surface area contributed by atoms with Gasteiger partial charge in [0.25, 0.3) is 0 Å². The molecule has 0 aliphatic heterocycles. The molecule has 0 radical (unpaired) electrons. The fraction of sp³-hybridized carbons (Fsp3) is 0.222. The number of carbonyl (C=O) groups is 3. The van der Waals surface area contributed by atoms with Gasteiger partial charge in [-0.25, -0.2) is 0 Å². The number of rotatable bonds is 11. The minimum atomic E-state index is -0.998. The maximum Gasteiger partial charge on any atom is 0.307 e. The summed E-state index contributed by atoms with van der Waals surface area (Å²) in [7, 11) is 1.50. The van der Waals surface area contributed by atoms with Gasteiger partial charge in [0.05, 0.1) is 12.3 Å². The first-order valence-electron chi connectivity index (χ1n) is 10.9. The molecule has 176 valence electrons. The van der Waals surface area contributed by atoms with E-state index in [1.54, 1.807) is 24.3 Å². The molecule has 0 saturated heterocycles. The normalized spacial score (nSPS) is 11.6. The molecule has 1 atom stereocenters. The van der Waals surface area contributed by atoms with Gasteiger partial charge < -0.3 is 15.2 Å². The molecule has 0 fully saturated rings. The monoisotopic (exact) mass is 479 g/mol. The van der Waals surface area contributed by atoms with E-state index >= 15 is 0 Å². The Bertz CT molecular complexity index is 1130. The lowest BCUT2D eigenvalue weighted by Gasteiger charge is -2.11. The van der Waals surface area contributed by atoms with E-state index in [4.69, 9.17) is 16.3 Å². The van der Waals surface area contributed by atoms with E-state index in [1.165, 1.54) is 7.11 Å². The number of benzene rings is 3. The van der Waals surface area contributed by atoms with Crippen LogP contribution >= 0.6 is 11.6 Å². The number of anilines is 1. The number of ether oxygens (including phenoxy) is 1. The summed E-state index contributed by atoms with van der Waals surface area (Å²) in [4.78, 5) is 36.2. The second-order valence-corrected chi connectivity index (χ2v) is 8.39. The van der Waals surface area contributed by atoms with Crippen molar-refractivity contribution in [2.45, 2.75) is 19.3 Å². The Morgan fingerprint density at radius 3 is 2.06 bits per heavy atom. The molecular formula is C27H26ClNO5. The topological polar surface area (TPSA) is 92.7 Å². The number of hydrogen-bond donors (Lipinski definition) is 2. The minimum absolute atomic E-state index is 0.0670. The van der Waals surface area contributed by atoms with Gasteiger partial charge >= 0.3 is 5.97 Å². The molecule has 3 aromatic carbocycles. The van der Waals surface area contributed by atoms with Gasteiger partial charge in [0, 0.05) is 36.4 Å². The summed E-state index contributed by atoms with van der Waals surface area (Å²) in [6, 6.07) is 21.6. The van der Waals surface area contributed by atoms with Gasteiger partial charge in [-0.2, -0.15) is 0 Å². The van der Waals surface area contributed by atoms with E-state index < -0.39 is 11.9 Å². The first-order chi connectivity index (χ1) is 16.4. The first kappa shape index (κ1) is 25.1. The molecule has 34 heavy (non-hydrogen) atoms. The maximum absolute atomic E-state index is 12.5. The molecule has 0 saturated carbocycles. The van der Waals surface area contributed by atoms with Gasteiger partial charge in [-0.3, -0.25) is 14.4 Å². The third-order valence-electron chi connectivity index (χ3n) is 5.44. The lowest BCUT2D eigenvalue weighted by atomic mass is 9.94. The number of methoxy groups -OCH3 is 1. The average Bonchev–Trinajstić information content (AvgIpc) is 2.83. The lowest BCUT2D eigenvalue weighted by Crippen LogP contribution is -2.19. The minimum Gasteiger partial charge on any atom is -0.481 e. The molecule has 2 N–H and O–H groups in total. The predicted octanol–water partition coefficient (Wildman–Crippen LogP) is 5.50. The van der Waals surface area contributed by atoms with E-state index in [0.29, 0.717) is 22.9 Å². The van der Waals surface area contributed by atoms with Crippen LogP contribution < -0.4 is 5.32 Å². The van der Waals surface area contributed by atoms with Crippen molar-refractivity contribution >= 4 is 34.9 Å². The van der Waals surface area contributed by atoms with Crippen molar-refractivity contribution in [3.8, 4) is 11.1 Å². The number of Topliss-reactive ketones (excluding diaryl/α,β-unsaturated/α-hetero) is 1. The number of aliphatic carboxylic acids is 1. The molecule has 0 spiro atoms. The Kier molecular flexibility index (Phi) is 8.96. The quantitative estimate of drug-likeness (QED) is 0.354. The summed E-state index contributed by atoms with van der Waals surface area (Å²) in [5, 5.41) is 12.8. The highest BCUT2D eigenvalue weighted by Crippen LogP contribution is 2.23. The summed E-state index contributed by atoms with van der Waals surface area (Å²) >= 11 is 5.87. The number of carboxylic acid groups (broad SMARTS) is 1. The standard InChI is InChI=1S/C27H26ClNO5/c1-34-15-14-22(27(32)33)17-25(30)21-6-4-19(5-7-21)20-8-12-24(13-9-20)29-26(31)16-18-2-10-23(28)11-3-18/h2-13,22H,14-17H2,1H3,(H,29,31)(H,32,33). The molecule has 0 heterocycles. The number of hydrogen-bond acceptors (Lipinski definition) is 4. The predicted molar refractivity (Wildman–Crippen MR) is 132 cm³/mol. The Balaban J connectivity index is 1.59. The van der Waals surface area contributed by atoms with Crippen molar-refractivity contribution in [3.05, 3.63) is 88.9 Å². The number of carbonyl (C=O) groups excluding carboxylic acids is 2. The van der Waals surface area contributed by atoms with Crippen molar-refractivity contribution in [1.29, 1.82) is 0 Å². The smallest absolute Gasteiger partial charge is 0.307 e. The summed E-state index contributed by atoms with van der Waals surface area (Å²) in [6.45, 7) is 0.292. The van der Waals surface area contributed by atoms with Gasteiger partial charge in [0.1, 0.15) is 0 Å². The fourth-order valence-corrected chi connectivity index (χ4v) is 3.63. The summed E-state index contributed by atoms with van der Waals surface area (Å²) in [6.07, 6.45) is 0.476. The van der Waals surface area contributed by atoms with Crippen LogP contribution in [0.5, 0.6) is 0 Å². The van der Waals surface area contributed by atoms with Gasteiger partial charge in [0.2, 0.25) is 5.91 Å². The van der Waals surface area contributed by atoms with Crippen LogP contribution in [-0.4, -0.2) is 36.5 Å². The molecule has 0 aliphatic carbocycles. The molecule has 6 nitrogen and oxygen atoms in total. The second-order valence-electron chi connectivity index (χ2n) is 7.95. The Morgan fingerprint density at radius 2 is 1.50 bits per heavy atom. The van der Waals surface area contributed by atoms with Gasteiger partial charge in [-0.05, 0) is 47.4 Å². The lowest BCUT2D eigenvalue weighted by molar-refractivity contribution is -0.142. The summed E-state index contributed by atoms with van der Waals surface area (Å²) < 4.78 is 4.93. The van der Waals surface area contributed by atoms with Crippen molar-refractivity contribution in [3.63, 3.8) is 0 Å². The Labute approximate surface area is 203 Å². The highest BCUT2D eigenvalue weighted by molar-refractivity contribution is 6.30. The summed E-state index contributed by atoms with van der Waals surface area (Å²) in [5.74, 6) is -2.10. The van der Waals surface area contributed by atoms with Crippen molar-refractivity contribution in [1.82, 2.24) is 0 Å². The molecule has 0 aromatic heterocycles. The highest BCUT2D eigenvalue weighted by atomic mass is 35.5. The molecule has 3 rings (SSSR count). The zero-order valence-corrected chi connectivity index (χ0v) is 19.5. The van der Waals surface area contributed by atoms with Crippen LogP contribution in [-0.2, 0) is 20.7 Å². The maximum atomic E-state index is 12.5. The van der Waals surface area contributed by atoms with Crippen LogP contribution in [0.4, 0.5) is 5.69 Å². The third-order valence-corrected chi connectivity index (χ3v) is 5.69. The number of halogens is 1. The highest BCUT2D eigenvalue weighted by Gasteiger charge is 2.21. The molecule has 0 bridgehead atoms. The van der Waals surface area contributed by atoms with Crippen molar-refractivity contribution in [2.24, 2.45) is 5.92 Å². The third kappa shape index (κ3) is 7.27. The molecule has 0 aliphatic rings. The molecule has 1 amide bonds. The van der Waals surface area contributed by atoms with Gasteiger partial charge in [-0.1, -0.05) is 60.1 Å². The zero-order valence-electron chi connectivity index (χ0n) is 18.8. The zero-order chi connectivity index (χ0) is 24.5. The Morgan fingerprint density at radius 1 is 0.912 bits per heavy atom. The molecule has 3 aromatic rings. The van der Waals surface area contributed by atoms with Crippen LogP contribution in [0.25, 0.3) is 11.1 Å². The number of nitrogens with one attached hydrogen (secondary N) is 1. The van der Waals surface area contributed by atoms with Crippen molar-refractivity contribution < 1.29 is 24.2 Å². The molecule has 1 unspecified atom stereocenters. The van der Waals surface area contributed by atoms with Gasteiger partial charge in [0.15, 0.2) is 5.78 Å². The van der Waals surface area contributed by atoms with Gasteiger partial charge in [-0.15, -0.1) is 0 Å². The number of ketones is 1. The Hall–Kier alpha value is -3.48.